The molecule has 1 aromatic heterocycles. The molecule has 0 saturated carbocycles. The van der Waals surface area contributed by atoms with E-state index in [0.717, 1.165) is 37.0 Å². The highest BCUT2D eigenvalue weighted by Gasteiger charge is 2.33. The van der Waals surface area contributed by atoms with Gasteiger partial charge in [-0.1, -0.05) is 32.9 Å². The van der Waals surface area contributed by atoms with E-state index >= 15 is 0 Å². The average molecular weight is 292 g/mol. The van der Waals surface area contributed by atoms with Crippen LogP contribution in [0.5, 0.6) is 0 Å². The molecule has 1 amide bonds. The summed E-state index contributed by atoms with van der Waals surface area (Å²) >= 11 is 0. The molecule has 0 fully saturated rings. The van der Waals surface area contributed by atoms with Crippen molar-refractivity contribution < 1.29 is 14.1 Å². The zero-order valence-electron chi connectivity index (χ0n) is 13.3. The predicted octanol–water partition coefficient (Wildman–Crippen LogP) is 2.68. The van der Waals surface area contributed by atoms with E-state index in [1.165, 1.54) is 0 Å². The number of Topliss-reactive ketones (excluding diaryl/α,β-unsaturated/α-hetero) is 1. The molecule has 2 rings (SSSR count). The number of amides is 1. The van der Waals surface area contributed by atoms with Gasteiger partial charge in [0.05, 0.1) is 6.04 Å². The van der Waals surface area contributed by atoms with Crippen LogP contribution in [0, 0.1) is 5.41 Å². The molecule has 1 atom stereocenters. The number of rotatable bonds is 4. The number of hydrogen-bond acceptors (Lipinski definition) is 4. The summed E-state index contributed by atoms with van der Waals surface area (Å²) in [5.74, 6) is 0.553. The van der Waals surface area contributed by atoms with Crippen molar-refractivity contribution in [2.45, 2.75) is 65.8 Å². The average Bonchev–Trinajstić information content (AvgIpc) is 2.86. The predicted molar refractivity (Wildman–Crippen MR) is 79.2 cm³/mol. The Morgan fingerprint density at radius 3 is 2.57 bits per heavy atom. The highest BCUT2D eigenvalue weighted by atomic mass is 16.5. The fourth-order valence-electron chi connectivity index (χ4n) is 2.75. The van der Waals surface area contributed by atoms with Crippen LogP contribution < -0.4 is 5.32 Å². The van der Waals surface area contributed by atoms with Gasteiger partial charge < -0.3 is 9.84 Å². The number of aryl methyl sites for hydroxylation is 1. The van der Waals surface area contributed by atoms with Crippen LogP contribution in [0.3, 0.4) is 0 Å². The zero-order valence-corrected chi connectivity index (χ0v) is 13.3. The third kappa shape index (κ3) is 3.34. The maximum absolute atomic E-state index is 12.5. The van der Waals surface area contributed by atoms with E-state index in [4.69, 9.17) is 4.52 Å². The molecule has 0 saturated heterocycles. The summed E-state index contributed by atoms with van der Waals surface area (Å²) in [6.45, 7) is 7.66. The van der Waals surface area contributed by atoms with E-state index in [1.807, 2.05) is 27.7 Å². The van der Waals surface area contributed by atoms with Crippen molar-refractivity contribution >= 4 is 11.7 Å². The molecule has 0 bridgehead atoms. The van der Waals surface area contributed by atoms with Gasteiger partial charge in [0.15, 0.2) is 11.5 Å². The van der Waals surface area contributed by atoms with Crippen LogP contribution in [0.4, 0.5) is 0 Å². The van der Waals surface area contributed by atoms with Crippen molar-refractivity contribution in [2.75, 3.05) is 0 Å². The quantitative estimate of drug-likeness (QED) is 0.926. The van der Waals surface area contributed by atoms with Crippen molar-refractivity contribution in [1.29, 1.82) is 0 Å². The van der Waals surface area contributed by atoms with Crippen LogP contribution in [-0.4, -0.2) is 22.9 Å². The van der Waals surface area contributed by atoms with Crippen LogP contribution in [0.1, 0.15) is 68.8 Å². The van der Waals surface area contributed by atoms with E-state index in [1.54, 1.807) is 0 Å². The standard InChI is InChI=1S/C16H24N2O3/c1-5-11(19)14(16(2,3)4)17-15(20)13-10-8-6-7-9-12(10)21-18-13/h14H,5-9H2,1-4H3,(H,17,20)/t14-/m1/s1. The Bertz CT molecular complexity index is 540. The molecule has 5 heteroatoms. The summed E-state index contributed by atoms with van der Waals surface area (Å²) < 4.78 is 5.27. The molecule has 116 valence electrons. The Labute approximate surface area is 125 Å². The lowest BCUT2D eigenvalue weighted by atomic mass is 9.83. The molecule has 0 aromatic carbocycles. The fraction of sp³-hybridized carbons (Fsp3) is 0.688. The maximum atomic E-state index is 12.5. The van der Waals surface area contributed by atoms with Crippen LogP contribution in [-0.2, 0) is 17.6 Å². The third-order valence-corrected chi connectivity index (χ3v) is 3.98. The van der Waals surface area contributed by atoms with Crippen molar-refractivity contribution in [3.63, 3.8) is 0 Å². The maximum Gasteiger partial charge on any atom is 0.274 e. The lowest BCUT2D eigenvalue weighted by Gasteiger charge is -2.29. The van der Waals surface area contributed by atoms with Crippen LogP contribution in [0.2, 0.25) is 0 Å². The summed E-state index contributed by atoms with van der Waals surface area (Å²) in [6, 6.07) is -0.508. The first-order chi connectivity index (χ1) is 9.84. The molecular formula is C16H24N2O3. The summed E-state index contributed by atoms with van der Waals surface area (Å²) in [5, 5.41) is 6.77. The third-order valence-electron chi connectivity index (χ3n) is 3.98. The van der Waals surface area contributed by atoms with Crippen LogP contribution in [0.15, 0.2) is 4.52 Å². The number of nitrogens with one attached hydrogen (secondary N) is 1. The van der Waals surface area contributed by atoms with Crippen LogP contribution >= 0.6 is 0 Å². The Hall–Kier alpha value is -1.65. The number of carbonyl (C=O) groups excluding carboxylic acids is 2. The lowest BCUT2D eigenvalue weighted by Crippen LogP contribution is -2.49. The van der Waals surface area contributed by atoms with E-state index in [9.17, 15) is 9.59 Å². The lowest BCUT2D eigenvalue weighted by molar-refractivity contribution is -0.122. The highest BCUT2D eigenvalue weighted by Crippen LogP contribution is 2.25. The van der Waals surface area contributed by atoms with Crippen molar-refractivity contribution in [3.05, 3.63) is 17.0 Å². The number of nitrogens with zero attached hydrogens (tertiary/aromatic N) is 1. The van der Waals surface area contributed by atoms with Gasteiger partial charge in [0.1, 0.15) is 5.76 Å². The normalized spacial score (nSPS) is 16.2. The monoisotopic (exact) mass is 292 g/mol. The highest BCUT2D eigenvalue weighted by molar-refractivity contribution is 5.97. The fourth-order valence-corrected chi connectivity index (χ4v) is 2.75. The molecule has 21 heavy (non-hydrogen) atoms. The minimum Gasteiger partial charge on any atom is -0.360 e. The Balaban J connectivity index is 2.20. The van der Waals surface area contributed by atoms with Gasteiger partial charge in [-0.3, -0.25) is 9.59 Å². The number of carbonyl (C=O) groups is 2. The second-order valence-corrected chi connectivity index (χ2v) is 6.73. The summed E-state index contributed by atoms with van der Waals surface area (Å²) in [5.41, 5.74) is 0.935. The largest absolute Gasteiger partial charge is 0.360 e. The molecular weight excluding hydrogens is 268 g/mol. The van der Waals surface area contributed by atoms with Gasteiger partial charge in [-0.2, -0.15) is 0 Å². The smallest absolute Gasteiger partial charge is 0.274 e. The van der Waals surface area contributed by atoms with E-state index in [0.29, 0.717) is 12.1 Å². The van der Waals surface area contributed by atoms with Gasteiger partial charge in [-0.25, -0.2) is 0 Å². The number of fused-ring (bicyclic) bond motifs is 1. The minimum atomic E-state index is -0.508. The molecule has 1 aliphatic carbocycles. The first-order valence-corrected chi connectivity index (χ1v) is 7.65. The molecule has 1 N–H and O–H groups in total. The molecule has 0 spiro atoms. The first kappa shape index (κ1) is 15.7. The zero-order chi connectivity index (χ0) is 15.6. The molecule has 0 radical (unpaired) electrons. The van der Waals surface area contributed by atoms with Crippen LogP contribution in [0.25, 0.3) is 0 Å². The van der Waals surface area contributed by atoms with Crippen molar-refractivity contribution in [2.24, 2.45) is 5.41 Å². The molecule has 5 nitrogen and oxygen atoms in total. The minimum absolute atomic E-state index is 0.0354. The van der Waals surface area contributed by atoms with E-state index in [-0.39, 0.29) is 17.1 Å². The Morgan fingerprint density at radius 2 is 1.95 bits per heavy atom. The topological polar surface area (TPSA) is 72.2 Å². The van der Waals surface area contributed by atoms with E-state index in [2.05, 4.69) is 10.5 Å². The van der Waals surface area contributed by atoms with Gasteiger partial charge >= 0.3 is 0 Å². The Morgan fingerprint density at radius 1 is 1.29 bits per heavy atom. The molecule has 0 unspecified atom stereocenters. The van der Waals surface area contributed by atoms with Gasteiger partial charge in [0.25, 0.3) is 5.91 Å². The van der Waals surface area contributed by atoms with Crippen molar-refractivity contribution in [3.8, 4) is 0 Å². The van der Waals surface area contributed by atoms with Crippen molar-refractivity contribution in [1.82, 2.24) is 10.5 Å². The summed E-state index contributed by atoms with van der Waals surface area (Å²) in [4.78, 5) is 24.6. The van der Waals surface area contributed by atoms with Gasteiger partial charge in [0, 0.05) is 18.4 Å². The second-order valence-electron chi connectivity index (χ2n) is 6.73. The number of hydrogen-bond donors (Lipinski definition) is 1. The Kier molecular flexibility index (Phi) is 4.49. The SMILES string of the molecule is CCC(=O)[C@@H](NC(=O)c1noc2c1CCCC2)C(C)(C)C. The van der Waals surface area contributed by atoms with Gasteiger partial charge in [0.2, 0.25) is 0 Å². The van der Waals surface area contributed by atoms with Gasteiger partial charge in [-0.05, 0) is 24.7 Å². The summed E-state index contributed by atoms with van der Waals surface area (Å²) in [7, 11) is 0. The first-order valence-electron chi connectivity index (χ1n) is 7.65. The number of ketones is 1. The van der Waals surface area contributed by atoms with E-state index < -0.39 is 6.04 Å². The second kappa shape index (κ2) is 6.00. The molecule has 1 heterocycles. The molecule has 1 aliphatic rings. The summed E-state index contributed by atoms with van der Waals surface area (Å²) in [6.07, 6.45) is 4.18. The van der Waals surface area contributed by atoms with Gasteiger partial charge in [-0.15, -0.1) is 0 Å². The molecule has 0 aliphatic heterocycles. The molecule has 1 aromatic rings. The number of aromatic nitrogens is 1.